The van der Waals surface area contributed by atoms with Gasteiger partial charge in [0.05, 0.1) is 11.5 Å². The number of nitrogens with zero attached hydrogens (tertiary/aromatic N) is 1. The highest BCUT2D eigenvalue weighted by Gasteiger charge is 2.54. The fraction of sp³-hybridized carbons (Fsp3) is 0.625. The maximum absolute atomic E-state index is 9.75. The van der Waals surface area contributed by atoms with Gasteiger partial charge in [0, 0.05) is 0 Å². The van der Waals surface area contributed by atoms with Crippen molar-refractivity contribution in [2.24, 2.45) is 21.7 Å². The van der Waals surface area contributed by atoms with Crippen molar-refractivity contribution in [3.63, 3.8) is 0 Å². The summed E-state index contributed by atoms with van der Waals surface area (Å²) in [5.41, 5.74) is -0.563. The summed E-state index contributed by atoms with van der Waals surface area (Å²) in [5, 5.41) is 9.75. The minimum Gasteiger partial charge on any atom is -0.198 e. The molecule has 230 valence electrons. The highest BCUT2D eigenvalue weighted by atomic mass is 14.6. The zero-order valence-electron chi connectivity index (χ0n) is 28.5. The van der Waals surface area contributed by atoms with Gasteiger partial charge >= 0.3 is 0 Å². The van der Waals surface area contributed by atoms with Crippen LogP contribution in [0.4, 0.5) is 0 Å². The van der Waals surface area contributed by atoms with E-state index in [-0.39, 0.29) is 16.2 Å². The van der Waals surface area contributed by atoms with Crippen LogP contribution in [0.1, 0.15) is 139 Å². The first kappa shape index (κ1) is 38.7. The molecule has 1 nitrogen and oxygen atoms in total. The molecule has 0 rings (SSSR count). The topological polar surface area (TPSA) is 23.8 Å². The third-order valence-electron chi connectivity index (χ3n) is 9.62. The average Bonchev–Trinajstić information content (AvgIpc) is 2.92. The van der Waals surface area contributed by atoms with Crippen molar-refractivity contribution in [1.82, 2.24) is 0 Å². The third kappa shape index (κ3) is 15.5. The van der Waals surface area contributed by atoms with Crippen molar-refractivity contribution in [2.45, 2.75) is 139 Å². The van der Waals surface area contributed by atoms with Crippen molar-refractivity contribution in [3.05, 3.63) is 85.1 Å². The molecular formula is C40H65N. The van der Waals surface area contributed by atoms with Gasteiger partial charge in [-0.1, -0.05) is 127 Å². The predicted molar refractivity (Wildman–Crippen MR) is 186 cm³/mol. The molecule has 0 aliphatic heterocycles. The van der Waals surface area contributed by atoms with E-state index in [2.05, 4.69) is 153 Å². The van der Waals surface area contributed by atoms with Gasteiger partial charge in [-0.2, -0.15) is 5.26 Å². The Balaban J connectivity index is 4.01. The Labute approximate surface area is 257 Å². The monoisotopic (exact) mass is 560 g/mol. The van der Waals surface area contributed by atoms with Crippen molar-refractivity contribution in [2.75, 3.05) is 0 Å². The zero-order valence-corrected chi connectivity index (χ0v) is 28.5. The summed E-state index contributed by atoms with van der Waals surface area (Å²) in [7, 11) is 0. The van der Waals surface area contributed by atoms with Crippen molar-refractivity contribution in [1.29, 1.82) is 5.26 Å². The van der Waals surface area contributed by atoms with Gasteiger partial charge in [0.15, 0.2) is 0 Å². The van der Waals surface area contributed by atoms with Gasteiger partial charge in [0.2, 0.25) is 0 Å². The Hall–Kier alpha value is -2.33. The second-order valence-electron chi connectivity index (χ2n) is 13.5. The van der Waals surface area contributed by atoms with E-state index >= 15 is 0 Å². The molecule has 0 aromatic heterocycles. The Morgan fingerprint density at radius 3 is 0.951 bits per heavy atom. The summed E-state index contributed by atoms with van der Waals surface area (Å²) in [6, 6.07) is 2.55. The Morgan fingerprint density at radius 2 is 0.683 bits per heavy atom. The van der Waals surface area contributed by atoms with E-state index in [0.717, 1.165) is 77.0 Å². The van der Waals surface area contributed by atoms with Crippen LogP contribution in [0.15, 0.2) is 85.1 Å². The Morgan fingerprint density at radius 1 is 0.415 bits per heavy atom. The third-order valence-corrected chi connectivity index (χ3v) is 9.62. The Kier molecular flexibility index (Phi) is 20.2. The van der Waals surface area contributed by atoms with Crippen LogP contribution in [-0.4, -0.2) is 0 Å². The quantitative estimate of drug-likeness (QED) is 0.0955. The van der Waals surface area contributed by atoms with Crippen LogP contribution < -0.4 is 0 Å². The summed E-state index contributed by atoms with van der Waals surface area (Å²) in [4.78, 5) is 0. The van der Waals surface area contributed by atoms with Crippen LogP contribution in [-0.2, 0) is 0 Å². The fourth-order valence-electron chi connectivity index (χ4n) is 4.81. The smallest absolute Gasteiger partial charge is 0.0689 e. The number of rotatable bonds is 22. The van der Waals surface area contributed by atoms with Crippen molar-refractivity contribution in [3.8, 4) is 6.07 Å². The lowest BCUT2D eigenvalue weighted by molar-refractivity contribution is -0.0510. The number of hydrogen-bond acceptors (Lipinski definition) is 1. The van der Waals surface area contributed by atoms with Gasteiger partial charge in [0.25, 0.3) is 0 Å². The molecule has 0 aliphatic rings. The molecule has 0 heterocycles. The molecule has 0 unspecified atom stereocenters. The second kappa shape index (κ2) is 21.4. The minimum absolute atomic E-state index is 0.00535. The maximum Gasteiger partial charge on any atom is 0.0689 e. The highest BCUT2D eigenvalue weighted by Crippen LogP contribution is 2.59. The normalized spacial score (nSPS) is 14.4. The number of hydrogen-bond donors (Lipinski definition) is 0. The fourth-order valence-corrected chi connectivity index (χ4v) is 4.81. The summed E-state index contributed by atoms with van der Waals surface area (Å²) >= 11 is 0. The highest BCUT2D eigenvalue weighted by molar-refractivity contribution is 5.14. The largest absolute Gasteiger partial charge is 0.198 e. The van der Waals surface area contributed by atoms with E-state index < -0.39 is 5.41 Å². The molecule has 0 fully saturated rings. The first-order valence-corrected chi connectivity index (χ1v) is 16.3. The van der Waals surface area contributed by atoms with E-state index in [9.17, 15) is 5.26 Å². The van der Waals surface area contributed by atoms with Crippen LogP contribution in [0.25, 0.3) is 0 Å². The molecule has 0 atom stereocenters. The lowest BCUT2D eigenvalue weighted by atomic mass is 9.47. The SMILES string of the molecule is CC=CCCC=CCCC=CCCC=CCCC=CCCC=CCCC=CC(C)(C)C(C)(C)C(C)(C)C(C)(C)C#N. The number of allylic oxidation sites excluding steroid dienone is 14. The summed E-state index contributed by atoms with van der Waals surface area (Å²) < 4.78 is 0. The number of nitriles is 1. The standard InChI is InChI=1S/C40H65N/c1-10-11-12-13-14-15-16-17-18-19-20-21-22-23-24-25-26-27-28-29-30-31-32-33-34-35-37(2,3)39(6,7)40(8,9)38(4,5)36-41/h10-11,14-15,18-19,22-23,26-27,30-31,34-35H,12-13,16-17,20-21,24-25,28-29,32-33H2,1-9H3. The van der Waals surface area contributed by atoms with Crippen molar-refractivity contribution < 1.29 is 0 Å². The van der Waals surface area contributed by atoms with Gasteiger partial charge in [-0.05, 0) is 114 Å². The second-order valence-corrected chi connectivity index (χ2v) is 13.5. The van der Waals surface area contributed by atoms with E-state index in [4.69, 9.17) is 0 Å². The zero-order chi connectivity index (χ0) is 31.1. The lowest BCUT2D eigenvalue weighted by Crippen LogP contribution is -2.50. The molecule has 0 radical (unpaired) electrons. The van der Waals surface area contributed by atoms with Crippen LogP contribution in [0.2, 0.25) is 0 Å². The molecule has 0 aromatic carbocycles. The van der Waals surface area contributed by atoms with Gasteiger partial charge in [-0.25, -0.2) is 0 Å². The van der Waals surface area contributed by atoms with Gasteiger partial charge < -0.3 is 0 Å². The summed E-state index contributed by atoms with van der Waals surface area (Å²) in [5.74, 6) is 0. The maximum atomic E-state index is 9.75. The molecular weight excluding hydrogens is 494 g/mol. The van der Waals surface area contributed by atoms with Crippen LogP contribution in [0.5, 0.6) is 0 Å². The van der Waals surface area contributed by atoms with Gasteiger partial charge in [0.1, 0.15) is 0 Å². The predicted octanol–water partition coefficient (Wildman–Crippen LogP) is 13.2. The van der Waals surface area contributed by atoms with E-state index in [1.807, 2.05) is 0 Å². The van der Waals surface area contributed by atoms with Crippen LogP contribution in [0, 0.1) is 33.0 Å². The first-order valence-electron chi connectivity index (χ1n) is 16.3. The van der Waals surface area contributed by atoms with Crippen LogP contribution >= 0.6 is 0 Å². The molecule has 41 heavy (non-hydrogen) atoms. The molecule has 1 heteroatoms. The lowest BCUT2D eigenvalue weighted by Gasteiger charge is -2.56. The summed E-state index contributed by atoms with van der Waals surface area (Å²) in [6.45, 7) is 20.0. The van der Waals surface area contributed by atoms with E-state index in [0.29, 0.717) is 0 Å². The molecule has 0 aliphatic carbocycles. The van der Waals surface area contributed by atoms with E-state index in [1.165, 1.54) is 0 Å². The molecule has 0 N–H and O–H groups in total. The van der Waals surface area contributed by atoms with E-state index in [1.54, 1.807) is 0 Å². The molecule has 0 spiro atoms. The molecule has 0 amide bonds. The molecule has 0 saturated carbocycles. The molecule has 0 aromatic rings. The van der Waals surface area contributed by atoms with Gasteiger partial charge in [-0.15, -0.1) is 0 Å². The molecule has 0 saturated heterocycles. The average molecular weight is 560 g/mol. The minimum atomic E-state index is -0.392. The number of unbranched alkanes of at least 4 members (excludes halogenated alkanes) is 6. The Bertz CT molecular complexity index is 918. The van der Waals surface area contributed by atoms with Crippen molar-refractivity contribution >= 4 is 0 Å². The van der Waals surface area contributed by atoms with Gasteiger partial charge in [-0.3, -0.25) is 0 Å². The first-order chi connectivity index (χ1) is 19.4. The summed E-state index contributed by atoms with van der Waals surface area (Å²) in [6.07, 6.45) is 45.8. The van der Waals surface area contributed by atoms with Crippen LogP contribution in [0.3, 0.4) is 0 Å². The molecule has 0 bridgehead atoms.